The molecule has 0 aliphatic rings. The van der Waals surface area contributed by atoms with Crippen LogP contribution in [0.15, 0.2) is 18.2 Å². The van der Waals surface area contributed by atoms with Crippen LogP contribution >= 0.6 is 11.6 Å². The smallest absolute Gasteiger partial charge is 0.255 e. The molecule has 1 aromatic rings. The molecule has 0 heterocycles. The highest BCUT2D eigenvalue weighted by molar-refractivity contribution is 6.34. The van der Waals surface area contributed by atoms with Gasteiger partial charge in [-0.2, -0.15) is 0 Å². The summed E-state index contributed by atoms with van der Waals surface area (Å²) >= 11 is 6.05. The van der Waals surface area contributed by atoms with Crippen LogP contribution in [-0.4, -0.2) is 23.4 Å². The maximum atomic E-state index is 12.3. The van der Waals surface area contributed by atoms with E-state index in [-0.39, 0.29) is 11.9 Å². The number of carbonyl (C=O) groups excluding carboxylic acids is 1. The van der Waals surface area contributed by atoms with E-state index >= 15 is 0 Å². The Morgan fingerprint density at radius 3 is 2.59 bits per heavy atom. The van der Waals surface area contributed by atoms with E-state index in [1.807, 2.05) is 18.7 Å². The lowest BCUT2D eigenvalue weighted by molar-refractivity contribution is 0.0700. The maximum Gasteiger partial charge on any atom is 0.255 e. The van der Waals surface area contributed by atoms with E-state index in [1.54, 1.807) is 18.2 Å². The summed E-state index contributed by atoms with van der Waals surface area (Å²) in [5.74, 6) is -0.0353. The summed E-state index contributed by atoms with van der Waals surface area (Å²) in [5, 5.41) is 0.414. The molecular weight excluding hydrogens is 236 g/mol. The third kappa shape index (κ3) is 3.13. The number of rotatable bonds is 4. The topological polar surface area (TPSA) is 46.3 Å². The molecule has 1 amide bonds. The Hall–Kier alpha value is -1.22. The Bertz CT molecular complexity index is 406. The molecule has 1 rings (SSSR count). The largest absolute Gasteiger partial charge is 0.399 e. The summed E-state index contributed by atoms with van der Waals surface area (Å²) in [5.41, 5.74) is 6.70. The van der Waals surface area contributed by atoms with E-state index < -0.39 is 0 Å². The monoisotopic (exact) mass is 254 g/mol. The van der Waals surface area contributed by atoms with Crippen LogP contribution in [0.3, 0.4) is 0 Å². The summed E-state index contributed by atoms with van der Waals surface area (Å²) in [6.07, 6.45) is 0.923. The number of carbonyl (C=O) groups is 1. The fraction of sp³-hybridized carbons (Fsp3) is 0.462. The number of nitrogen functional groups attached to an aromatic ring is 1. The first-order valence-corrected chi connectivity index (χ1v) is 6.25. The summed E-state index contributed by atoms with van der Waals surface area (Å²) in [7, 11) is 0. The van der Waals surface area contributed by atoms with Crippen molar-refractivity contribution in [2.45, 2.75) is 33.2 Å². The molecule has 0 fully saturated rings. The molecule has 17 heavy (non-hydrogen) atoms. The molecular formula is C13H19ClN2O. The van der Waals surface area contributed by atoms with Crippen LogP contribution < -0.4 is 5.73 Å². The molecule has 1 unspecified atom stereocenters. The SMILES string of the molecule is CCC(C)N(CC)C(=O)c1ccc(N)cc1Cl. The van der Waals surface area contributed by atoms with Gasteiger partial charge in [-0.05, 0) is 38.5 Å². The third-order valence-electron chi connectivity index (χ3n) is 2.95. The highest BCUT2D eigenvalue weighted by Crippen LogP contribution is 2.21. The zero-order valence-corrected chi connectivity index (χ0v) is 11.3. The molecule has 0 saturated carbocycles. The van der Waals surface area contributed by atoms with Gasteiger partial charge in [-0.3, -0.25) is 4.79 Å². The molecule has 2 N–H and O–H groups in total. The predicted octanol–water partition coefficient (Wildman–Crippen LogP) is 3.18. The van der Waals surface area contributed by atoms with Gasteiger partial charge in [0, 0.05) is 18.3 Å². The van der Waals surface area contributed by atoms with E-state index in [1.165, 1.54) is 0 Å². The Morgan fingerprint density at radius 2 is 2.12 bits per heavy atom. The molecule has 0 spiro atoms. The molecule has 1 atom stereocenters. The standard InChI is InChI=1S/C13H19ClN2O/c1-4-9(3)16(5-2)13(17)11-7-6-10(15)8-12(11)14/h6-9H,4-5,15H2,1-3H3. The van der Waals surface area contributed by atoms with E-state index in [9.17, 15) is 4.79 Å². The molecule has 0 aliphatic carbocycles. The van der Waals surface area contributed by atoms with Gasteiger partial charge in [-0.1, -0.05) is 18.5 Å². The highest BCUT2D eigenvalue weighted by Gasteiger charge is 2.20. The van der Waals surface area contributed by atoms with Crippen LogP contribution in [-0.2, 0) is 0 Å². The third-order valence-corrected chi connectivity index (χ3v) is 3.26. The number of amides is 1. The second-order valence-corrected chi connectivity index (χ2v) is 4.49. The molecule has 0 radical (unpaired) electrons. The van der Waals surface area contributed by atoms with E-state index in [0.29, 0.717) is 22.8 Å². The van der Waals surface area contributed by atoms with Gasteiger partial charge in [0.25, 0.3) is 5.91 Å². The van der Waals surface area contributed by atoms with E-state index in [0.717, 1.165) is 6.42 Å². The average Bonchev–Trinajstić information content (AvgIpc) is 2.29. The zero-order valence-electron chi connectivity index (χ0n) is 10.5. The van der Waals surface area contributed by atoms with Gasteiger partial charge in [-0.25, -0.2) is 0 Å². The number of hydrogen-bond acceptors (Lipinski definition) is 2. The molecule has 3 nitrogen and oxygen atoms in total. The lowest BCUT2D eigenvalue weighted by Gasteiger charge is -2.27. The Labute approximate surface area is 108 Å². The second kappa shape index (κ2) is 5.92. The maximum absolute atomic E-state index is 12.3. The summed E-state index contributed by atoms with van der Waals surface area (Å²) in [6.45, 7) is 6.74. The van der Waals surface area contributed by atoms with Crippen LogP contribution in [0.4, 0.5) is 5.69 Å². The second-order valence-electron chi connectivity index (χ2n) is 4.09. The molecule has 1 aromatic carbocycles. The number of anilines is 1. The van der Waals surface area contributed by atoms with Gasteiger partial charge >= 0.3 is 0 Å². The molecule has 94 valence electrons. The Kier molecular flexibility index (Phi) is 4.82. The first-order chi connectivity index (χ1) is 8.01. The number of nitrogens with two attached hydrogens (primary N) is 1. The number of hydrogen-bond donors (Lipinski definition) is 1. The number of nitrogens with zero attached hydrogens (tertiary/aromatic N) is 1. The first kappa shape index (κ1) is 13.8. The van der Waals surface area contributed by atoms with Gasteiger partial charge in [0.05, 0.1) is 10.6 Å². The molecule has 0 saturated heterocycles. The van der Waals surface area contributed by atoms with Crippen molar-refractivity contribution in [2.24, 2.45) is 0 Å². The minimum atomic E-state index is -0.0353. The summed E-state index contributed by atoms with van der Waals surface area (Å²) < 4.78 is 0. The quantitative estimate of drug-likeness (QED) is 0.839. The van der Waals surface area contributed by atoms with Crippen molar-refractivity contribution in [3.63, 3.8) is 0 Å². The minimum Gasteiger partial charge on any atom is -0.399 e. The van der Waals surface area contributed by atoms with Crippen molar-refractivity contribution < 1.29 is 4.79 Å². The van der Waals surface area contributed by atoms with Crippen molar-refractivity contribution in [3.05, 3.63) is 28.8 Å². The van der Waals surface area contributed by atoms with Gasteiger partial charge < -0.3 is 10.6 Å². The normalized spacial score (nSPS) is 12.2. The van der Waals surface area contributed by atoms with E-state index in [4.69, 9.17) is 17.3 Å². The Morgan fingerprint density at radius 1 is 1.47 bits per heavy atom. The van der Waals surface area contributed by atoms with Crippen molar-refractivity contribution in [1.29, 1.82) is 0 Å². The summed E-state index contributed by atoms with van der Waals surface area (Å²) in [6, 6.07) is 5.20. The lowest BCUT2D eigenvalue weighted by Crippen LogP contribution is -2.38. The Balaban J connectivity index is 3.02. The van der Waals surface area contributed by atoms with Gasteiger partial charge in [0.15, 0.2) is 0 Å². The van der Waals surface area contributed by atoms with Gasteiger partial charge in [-0.15, -0.1) is 0 Å². The van der Waals surface area contributed by atoms with Crippen LogP contribution in [0.25, 0.3) is 0 Å². The minimum absolute atomic E-state index is 0.0353. The molecule has 4 heteroatoms. The van der Waals surface area contributed by atoms with Crippen LogP contribution in [0, 0.1) is 0 Å². The van der Waals surface area contributed by atoms with Crippen molar-refractivity contribution in [3.8, 4) is 0 Å². The molecule has 0 aromatic heterocycles. The van der Waals surface area contributed by atoms with Crippen molar-refractivity contribution >= 4 is 23.2 Å². The average molecular weight is 255 g/mol. The molecule has 0 aliphatic heterocycles. The molecule has 0 bridgehead atoms. The number of halogens is 1. The van der Waals surface area contributed by atoms with Crippen LogP contribution in [0.5, 0.6) is 0 Å². The highest BCUT2D eigenvalue weighted by atomic mass is 35.5. The fourth-order valence-electron chi connectivity index (χ4n) is 1.74. The lowest BCUT2D eigenvalue weighted by atomic mass is 10.1. The van der Waals surface area contributed by atoms with E-state index in [2.05, 4.69) is 6.92 Å². The van der Waals surface area contributed by atoms with Crippen LogP contribution in [0.1, 0.15) is 37.6 Å². The van der Waals surface area contributed by atoms with Crippen molar-refractivity contribution in [2.75, 3.05) is 12.3 Å². The fourth-order valence-corrected chi connectivity index (χ4v) is 2.01. The van der Waals surface area contributed by atoms with Crippen molar-refractivity contribution in [1.82, 2.24) is 4.90 Å². The number of benzene rings is 1. The zero-order chi connectivity index (χ0) is 13.0. The van der Waals surface area contributed by atoms with Crippen LogP contribution in [0.2, 0.25) is 5.02 Å². The van der Waals surface area contributed by atoms with Gasteiger partial charge in [0.1, 0.15) is 0 Å². The first-order valence-electron chi connectivity index (χ1n) is 5.87. The summed E-state index contributed by atoms with van der Waals surface area (Å²) in [4.78, 5) is 14.1. The predicted molar refractivity (Wildman–Crippen MR) is 72.3 cm³/mol. The van der Waals surface area contributed by atoms with Gasteiger partial charge in [0.2, 0.25) is 0 Å².